The summed E-state index contributed by atoms with van der Waals surface area (Å²) in [6.07, 6.45) is 1.24. The van der Waals surface area contributed by atoms with Gasteiger partial charge >= 0.3 is 0 Å². The van der Waals surface area contributed by atoms with E-state index in [1.807, 2.05) is 7.05 Å². The third kappa shape index (κ3) is 4.20. The summed E-state index contributed by atoms with van der Waals surface area (Å²) in [5.74, 6) is 1.41. The van der Waals surface area contributed by atoms with Crippen LogP contribution in [0.15, 0.2) is 12.2 Å². The molecule has 2 atom stereocenters. The van der Waals surface area contributed by atoms with Crippen LogP contribution in [0, 0.1) is 11.8 Å². The van der Waals surface area contributed by atoms with Crippen LogP contribution in [0.1, 0.15) is 27.2 Å². The SMILES string of the molecule is C=C(C)C(C)[C@H](C)CCNC. The monoisotopic (exact) mass is 155 g/mol. The Balaban J connectivity index is 3.63. The molecule has 0 heterocycles. The van der Waals surface area contributed by atoms with Crippen molar-refractivity contribution in [2.24, 2.45) is 11.8 Å². The molecule has 1 nitrogen and oxygen atoms in total. The molecule has 0 spiro atoms. The lowest BCUT2D eigenvalue weighted by molar-refractivity contribution is 0.406. The topological polar surface area (TPSA) is 12.0 Å². The maximum atomic E-state index is 3.96. The lowest BCUT2D eigenvalue weighted by Crippen LogP contribution is -2.16. The van der Waals surface area contributed by atoms with Gasteiger partial charge in [0.15, 0.2) is 0 Å². The van der Waals surface area contributed by atoms with Crippen LogP contribution in [0.5, 0.6) is 0 Å². The highest BCUT2D eigenvalue weighted by Crippen LogP contribution is 2.20. The normalized spacial score (nSPS) is 16.0. The van der Waals surface area contributed by atoms with Crippen molar-refractivity contribution in [2.45, 2.75) is 27.2 Å². The maximum Gasteiger partial charge on any atom is -0.00492 e. The van der Waals surface area contributed by atoms with Gasteiger partial charge in [0.1, 0.15) is 0 Å². The summed E-state index contributed by atoms with van der Waals surface area (Å²) in [4.78, 5) is 0. The third-order valence-corrected chi connectivity index (χ3v) is 2.48. The first-order valence-electron chi connectivity index (χ1n) is 4.39. The summed E-state index contributed by atoms with van der Waals surface area (Å²) in [6, 6.07) is 0. The first-order valence-corrected chi connectivity index (χ1v) is 4.39. The van der Waals surface area contributed by atoms with E-state index < -0.39 is 0 Å². The fourth-order valence-electron chi connectivity index (χ4n) is 1.11. The molecule has 0 rings (SSSR count). The Hall–Kier alpha value is -0.300. The third-order valence-electron chi connectivity index (χ3n) is 2.48. The van der Waals surface area contributed by atoms with Gasteiger partial charge in [-0.2, -0.15) is 0 Å². The van der Waals surface area contributed by atoms with Crippen molar-refractivity contribution in [1.29, 1.82) is 0 Å². The zero-order chi connectivity index (χ0) is 8.85. The van der Waals surface area contributed by atoms with Crippen molar-refractivity contribution in [2.75, 3.05) is 13.6 Å². The van der Waals surface area contributed by atoms with Gasteiger partial charge in [-0.1, -0.05) is 26.0 Å². The van der Waals surface area contributed by atoms with E-state index in [1.54, 1.807) is 0 Å². The zero-order valence-electron chi connectivity index (χ0n) is 8.28. The summed E-state index contributed by atoms with van der Waals surface area (Å²) in [5, 5.41) is 3.16. The van der Waals surface area contributed by atoms with Gasteiger partial charge < -0.3 is 5.32 Å². The van der Waals surface area contributed by atoms with E-state index in [1.165, 1.54) is 12.0 Å². The summed E-state index contributed by atoms with van der Waals surface area (Å²) < 4.78 is 0. The minimum atomic E-state index is 0.656. The van der Waals surface area contributed by atoms with Crippen LogP contribution < -0.4 is 5.32 Å². The molecule has 0 aromatic carbocycles. The van der Waals surface area contributed by atoms with Crippen LogP contribution in [0.2, 0.25) is 0 Å². The second kappa shape index (κ2) is 5.36. The Labute approximate surface area is 70.9 Å². The minimum absolute atomic E-state index is 0.656. The zero-order valence-corrected chi connectivity index (χ0v) is 8.28. The summed E-state index contributed by atoms with van der Waals surface area (Å²) in [7, 11) is 2.00. The number of allylic oxidation sites excluding steroid dienone is 1. The number of hydrogen-bond donors (Lipinski definition) is 1. The summed E-state index contributed by atoms with van der Waals surface area (Å²) in [6.45, 7) is 11.7. The second-order valence-electron chi connectivity index (χ2n) is 3.50. The van der Waals surface area contributed by atoms with Crippen molar-refractivity contribution in [1.82, 2.24) is 5.32 Å². The van der Waals surface area contributed by atoms with E-state index in [9.17, 15) is 0 Å². The van der Waals surface area contributed by atoms with Crippen LogP contribution in [-0.4, -0.2) is 13.6 Å². The number of nitrogens with one attached hydrogen (secondary N) is 1. The van der Waals surface area contributed by atoms with Gasteiger partial charge in [-0.15, -0.1) is 0 Å². The van der Waals surface area contributed by atoms with Crippen LogP contribution in [0.25, 0.3) is 0 Å². The van der Waals surface area contributed by atoms with E-state index in [4.69, 9.17) is 0 Å². The molecule has 0 aliphatic rings. The first-order chi connectivity index (χ1) is 5.09. The van der Waals surface area contributed by atoms with Gasteiger partial charge in [0.25, 0.3) is 0 Å². The van der Waals surface area contributed by atoms with Crippen LogP contribution in [0.4, 0.5) is 0 Å². The molecule has 0 aliphatic carbocycles. The van der Waals surface area contributed by atoms with Crippen molar-refractivity contribution in [3.8, 4) is 0 Å². The molecule has 0 aromatic heterocycles. The van der Waals surface area contributed by atoms with Gasteiger partial charge in [-0.3, -0.25) is 0 Å². The Bertz CT molecular complexity index is 118. The lowest BCUT2D eigenvalue weighted by atomic mass is 9.88. The van der Waals surface area contributed by atoms with Gasteiger partial charge in [0.2, 0.25) is 0 Å². The van der Waals surface area contributed by atoms with Crippen molar-refractivity contribution in [3.63, 3.8) is 0 Å². The molecular formula is C10H21N. The predicted octanol–water partition coefficient (Wildman–Crippen LogP) is 2.44. The Morgan fingerprint density at radius 1 is 1.45 bits per heavy atom. The predicted molar refractivity (Wildman–Crippen MR) is 51.7 cm³/mol. The van der Waals surface area contributed by atoms with Crippen LogP contribution in [-0.2, 0) is 0 Å². The van der Waals surface area contributed by atoms with Gasteiger partial charge in [0, 0.05) is 0 Å². The quantitative estimate of drug-likeness (QED) is 0.601. The van der Waals surface area contributed by atoms with Crippen molar-refractivity contribution in [3.05, 3.63) is 12.2 Å². The molecule has 1 N–H and O–H groups in total. The molecule has 11 heavy (non-hydrogen) atoms. The molecule has 0 aromatic rings. The largest absolute Gasteiger partial charge is 0.320 e. The number of rotatable bonds is 5. The molecule has 1 heteroatoms. The van der Waals surface area contributed by atoms with E-state index in [-0.39, 0.29) is 0 Å². The fourth-order valence-corrected chi connectivity index (χ4v) is 1.11. The Kier molecular flexibility index (Phi) is 5.22. The maximum absolute atomic E-state index is 3.96. The molecule has 0 aliphatic heterocycles. The Morgan fingerprint density at radius 2 is 2.00 bits per heavy atom. The molecule has 1 unspecified atom stereocenters. The van der Waals surface area contributed by atoms with E-state index in [0.29, 0.717) is 5.92 Å². The number of hydrogen-bond acceptors (Lipinski definition) is 1. The smallest absolute Gasteiger partial charge is 0.00492 e. The molecule has 0 bridgehead atoms. The summed E-state index contributed by atoms with van der Waals surface area (Å²) >= 11 is 0. The minimum Gasteiger partial charge on any atom is -0.320 e. The fraction of sp³-hybridized carbons (Fsp3) is 0.800. The van der Waals surface area contributed by atoms with Gasteiger partial charge in [-0.25, -0.2) is 0 Å². The highest BCUT2D eigenvalue weighted by Gasteiger charge is 2.11. The summed E-state index contributed by atoms with van der Waals surface area (Å²) in [5.41, 5.74) is 1.30. The van der Waals surface area contributed by atoms with Gasteiger partial charge in [0.05, 0.1) is 0 Å². The molecule has 0 fully saturated rings. The Morgan fingerprint density at radius 3 is 2.36 bits per heavy atom. The average Bonchev–Trinajstić information content (AvgIpc) is 1.98. The van der Waals surface area contributed by atoms with E-state index >= 15 is 0 Å². The molecule has 66 valence electrons. The molecule has 0 radical (unpaired) electrons. The highest BCUT2D eigenvalue weighted by molar-refractivity contribution is 4.95. The molecule has 0 saturated carbocycles. The second-order valence-corrected chi connectivity index (χ2v) is 3.50. The van der Waals surface area contributed by atoms with Crippen molar-refractivity contribution < 1.29 is 0 Å². The average molecular weight is 155 g/mol. The first kappa shape index (κ1) is 10.7. The van der Waals surface area contributed by atoms with Crippen molar-refractivity contribution >= 4 is 0 Å². The molecule has 0 saturated heterocycles. The van der Waals surface area contributed by atoms with E-state index in [2.05, 4.69) is 32.7 Å². The van der Waals surface area contributed by atoms with Crippen LogP contribution in [0.3, 0.4) is 0 Å². The van der Waals surface area contributed by atoms with E-state index in [0.717, 1.165) is 12.5 Å². The molecular weight excluding hydrogens is 134 g/mol. The lowest BCUT2D eigenvalue weighted by Gasteiger charge is -2.19. The highest BCUT2D eigenvalue weighted by atomic mass is 14.8. The standard InChI is InChI=1S/C10H21N/c1-8(2)10(4)9(3)6-7-11-5/h9-11H,1,6-7H2,2-5H3/t9-,10?/m1/s1. The van der Waals surface area contributed by atoms with Gasteiger partial charge in [-0.05, 0) is 38.8 Å². The molecule has 0 amide bonds. The van der Waals surface area contributed by atoms with Crippen LogP contribution >= 0.6 is 0 Å².